The number of methoxy groups -OCH3 is 1. The SMILES string of the molecule is CNC(c1ccc(CCOC)cc1)c1ccc(C)cc1Br. The van der Waals surface area contributed by atoms with Crippen LogP contribution in [0.4, 0.5) is 0 Å². The standard InChI is InChI=1S/C18H22BrNO/c1-13-4-9-16(17(19)12-13)18(20-2)15-7-5-14(6-8-15)10-11-21-3/h4-9,12,18,20H,10-11H2,1-3H3. The van der Waals surface area contributed by atoms with Crippen LogP contribution in [0, 0.1) is 6.92 Å². The van der Waals surface area contributed by atoms with E-state index in [1.165, 1.54) is 22.3 Å². The Balaban J connectivity index is 2.24. The topological polar surface area (TPSA) is 21.3 Å². The molecule has 0 heterocycles. The summed E-state index contributed by atoms with van der Waals surface area (Å²) in [5.74, 6) is 0. The fraction of sp³-hybridized carbons (Fsp3) is 0.333. The smallest absolute Gasteiger partial charge is 0.0585 e. The van der Waals surface area contributed by atoms with Crippen LogP contribution in [-0.2, 0) is 11.2 Å². The zero-order valence-electron chi connectivity index (χ0n) is 12.8. The average molecular weight is 348 g/mol. The van der Waals surface area contributed by atoms with Gasteiger partial charge in [-0.15, -0.1) is 0 Å². The zero-order chi connectivity index (χ0) is 15.2. The number of rotatable bonds is 6. The van der Waals surface area contributed by atoms with Crippen LogP contribution in [0.15, 0.2) is 46.9 Å². The van der Waals surface area contributed by atoms with Crippen molar-refractivity contribution in [1.82, 2.24) is 5.32 Å². The summed E-state index contributed by atoms with van der Waals surface area (Å²) in [5, 5.41) is 3.40. The van der Waals surface area contributed by atoms with Crippen LogP contribution >= 0.6 is 15.9 Å². The van der Waals surface area contributed by atoms with Gasteiger partial charge >= 0.3 is 0 Å². The fourth-order valence-corrected chi connectivity index (χ4v) is 3.19. The Morgan fingerprint density at radius 2 is 1.86 bits per heavy atom. The van der Waals surface area contributed by atoms with Crippen molar-refractivity contribution in [2.75, 3.05) is 20.8 Å². The van der Waals surface area contributed by atoms with Gasteiger partial charge in [-0.3, -0.25) is 0 Å². The molecule has 0 saturated heterocycles. The maximum atomic E-state index is 5.12. The molecule has 0 aromatic heterocycles. The number of nitrogens with one attached hydrogen (secondary N) is 1. The van der Waals surface area contributed by atoms with Crippen molar-refractivity contribution in [3.63, 3.8) is 0 Å². The van der Waals surface area contributed by atoms with Crippen molar-refractivity contribution < 1.29 is 4.74 Å². The number of ether oxygens (including phenoxy) is 1. The molecule has 0 radical (unpaired) electrons. The van der Waals surface area contributed by atoms with E-state index in [0.717, 1.165) is 17.5 Å². The first-order chi connectivity index (χ1) is 10.2. The highest BCUT2D eigenvalue weighted by atomic mass is 79.9. The van der Waals surface area contributed by atoms with Crippen LogP contribution in [0.3, 0.4) is 0 Å². The lowest BCUT2D eigenvalue weighted by atomic mass is 9.96. The third-order valence-corrected chi connectivity index (χ3v) is 4.35. The van der Waals surface area contributed by atoms with Crippen molar-refractivity contribution in [1.29, 1.82) is 0 Å². The quantitative estimate of drug-likeness (QED) is 0.842. The highest BCUT2D eigenvalue weighted by Crippen LogP contribution is 2.29. The van der Waals surface area contributed by atoms with Crippen LogP contribution in [0.25, 0.3) is 0 Å². The summed E-state index contributed by atoms with van der Waals surface area (Å²) in [6, 6.07) is 15.4. The maximum Gasteiger partial charge on any atom is 0.0585 e. The van der Waals surface area contributed by atoms with Gasteiger partial charge in [0.15, 0.2) is 0 Å². The summed E-state index contributed by atoms with van der Waals surface area (Å²) in [5.41, 5.74) is 5.09. The second-order valence-corrected chi connectivity index (χ2v) is 6.09. The lowest BCUT2D eigenvalue weighted by Crippen LogP contribution is -2.18. The van der Waals surface area contributed by atoms with Gasteiger partial charge in [0.1, 0.15) is 0 Å². The van der Waals surface area contributed by atoms with Crippen LogP contribution in [0.2, 0.25) is 0 Å². The Morgan fingerprint density at radius 3 is 2.43 bits per heavy atom. The lowest BCUT2D eigenvalue weighted by Gasteiger charge is -2.19. The fourth-order valence-electron chi connectivity index (χ4n) is 2.46. The van der Waals surface area contributed by atoms with Gasteiger partial charge in [0.05, 0.1) is 12.6 Å². The minimum absolute atomic E-state index is 0.191. The third-order valence-electron chi connectivity index (χ3n) is 3.66. The molecule has 2 aromatic rings. The molecule has 21 heavy (non-hydrogen) atoms. The van der Waals surface area contributed by atoms with Gasteiger partial charge < -0.3 is 10.1 Å². The number of hydrogen-bond donors (Lipinski definition) is 1. The molecule has 1 unspecified atom stereocenters. The normalized spacial score (nSPS) is 12.4. The molecular weight excluding hydrogens is 326 g/mol. The van der Waals surface area contributed by atoms with Gasteiger partial charge in [-0.1, -0.05) is 52.3 Å². The Kier molecular flexibility index (Phi) is 5.97. The summed E-state index contributed by atoms with van der Waals surface area (Å²) in [6.07, 6.45) is 0.954. The zero-order valence-corrected chi connectivity index (χ0v) is 14.4. The molecule has 0 amide bonds. The highest BCUT2D eigenvalue weighted by molar-refractivity contribution is 9.10. The molecular formula is C18H22BrNO. The Hall–Kier alpha value is -1.16. The van der Waals surface area contributed by atoms with Crippen molar-refractivity contribution in [3.05, 3.63) is 69.2 Å². The molecule has 0 bridgehead atoms. The molecule has 112 valence electrons. The first-order valence-corrected chi connectivity index (χ1v) is 7.96. The van der Waals surface area contributed by atoms with E-state index < -0.39 is 0 Å². The van der Waals surface area contributed by atoms with E-state index in [2.05, 4.69) is 70.6 Å². The van der Waals surface area contributed by atoms with E-state index in [4.69, 9.17) is 4.74 Å². The first kappa shape index (κ1) is 16.2. The third kappa shape index (κ3) is 4.16. The van der Waals surface area contributed by atoms with E-state index in [0.29, 0.717) is 0 Å². The lowest BCUT2D eigenvalue weighted by molar-refractivity contribution is 0.202. The van der Waals surface area contributed by atoms with Gasteiger partial charge in [-0.2, -0.15) is 0 Å². The highest BCUT2D eigenvalue weighted by Gasteiger charge is 2.14. The van der Waals surface area contributed by atoms with Gasteiger partial charge in [0.25, 0.3) is 0 Å². The van der Waals surface area contributed by atoms with Crippen LogP contribution in [0.1, 0.15) is 28.3 Å². The number of hydrogen-bond acceptors (Lipinski definition) is 2. The molecule has 1 N–H and O–H groups in total. The summed E-state index contributed by atoms with van der Waals surface area (Å²) in [6.45, 7) is 2.87. The van der Waals surface area contributed by atoms with E-state index in [9.17, 15) is 0 Å². The summed E-state index contributed by atoms with van der Waals surface area (Å²) < 4.78 is 6.27. The van der Waals surface area contributed by atoms with Crippen molar-refractivity contribution in [3.8, 4) is 0 Å². The molecule has 0 aliphatic carbocycles. The molecule has 0 saturated carbocycles. The molecule has 0 aliphatic rings. The number of aryl methyl sites for hydroxylation is 1. The van der Waals surface area contributed by atoms with E-state index >= 15 is 0 Å². The van der Waals surface area contributed by atoms with Gasteiger partial charge in [-0.05, 0) is 48.7 Å². The molecule has 0 fully saturated rings. The Bertz CT molecular complexity index is 580. The van der Waals surface area contributed by atoms with Crippen LogP contribution in [0.5, 0.6) is 0 Å². The molecule has 1 atom stereocenters. The summed E-state index contributed by atoms with van der Waals surface area (Å²) in [4.78, 5) is 0. The van der Waals surface area contributed by atoms with Crippen molar-refractivity contribution in [2.45, 2.75) is 19.4 Å². The Morgan fingerprint density at radius 1 is 1.14 bits per heavy atom. The summed E-state index contributed by atoms with van der Waals surface area (Å²) >= 11 is 3.68. The van der Waals surface area contributed by atoms with Crippen molar-refractivity contribution in [2.24, 2.45) is 0 Å². The van der Waals surface area contributed by atoms with Crippen LogP contribution < -0.4 is 5.32 Å². The second kappa shape index (κ2) is 7.74. The monoisotopic (exact) mass is 347 g/mol. The summed E-state index contributed by atoms with van der Waals surface area (Å²) in [7, 11) is 3.73. The van der Waals surface area contributed by atoms with E-state index in [1.54, 1.807) is 7.11 Å². The first-order valence-electron chi connectivity index (χ1n) is 7.16. The molecule has 0 spiro atoms. The Labute approximate surface area is 135 Å². The van der Waals surface area contributed by atoms with Crippen LogP contribution in [-0.4, -0.2) is 20.8 Å². The van der Waals surface area contributed by atoms with Crippen molar-refractivity contribution >= 4 is 15.9 Å². The average Bonchev–Trinajstić information content (AvgIpc) is 2.49. The molecule has 3 heteroatoms. The van der Waals surface area contributed by atoms with E-state index in [-0.39, 0.29) is 6.04 Å². The minimum Gasteiger partial charge on any atom is -0.384 e. The largest absolute Gasteiger partial charge is 0.384 e. The van der Waals surface area contributed by atoms with Gasteiger partial charge in [-0.25, -0.2) is 0 Å². The van der Waals surface area contributed by atoms with Gasteiger partial charge in [0, 0.05) is 11.6 Å². The number of halogens is 1. The van der Waals surface area contributed by atoms with Gasteiger partial charge in [0.2, 0.25) is 0 Å². The molecule has 2 nitrogen and oxygen atoms in total. The maximum absolute atomic E-state index is 5.12. The second-order valence-electron chi connectivity index (χ2n) is 5.23. The van der Waals surface area contributed by atoms with E-state index in [1.807, 2.05) is 7.05 Å². The molecule has 0 aliphatic heterocycles. The number of benzene rings is 2. The molecule has 2 aromatic carbocycles. The predicted octanol–water partition coefficient (Wildman–Crippen LogP) is 4.26. The molecule has 2 rings (SSSR count). The minimum atomic E-state index is 0.191. The predicted molar refractivity (Wildman–Crippen MR) is 91.8 cm³/mol.